The molecule has 1 saturated heterocycles. The van der Waals surface area contributed by atoms with E-state index in [4.69, 9.17) is 17.3 Å². The topological polar surface area (TPSA) is 116 Å². The van der Waals surface area contributed by atoms with Crippen LogP contribution in [-0.2, 0) is 13.1 Å². The lowest BCUT2D eigenvalue weighted by Gasteiger charge is -2.33. The maximum Gasteiger partial charge on any atom is 0.318 e. The molecule has 4 N–H and O–H groups in total. The third-order valence-electron chi connectivity index (χ3n) is 5.95. The number of amides is 3. The van der Waals surface area contributed by atoms with Crippen molar-refractivity contribution in [2.45, 2.75) is 32.0 Å². The fourth-order valence-corrected chi connectivity index (χ4v) is 5.50. The highest BCUT2D eigenvalue weighted by atomic mass is 35.5. The molecule has 0 aliphatic carbocycles. The Bertz CT molecular complexity index is 1220. The Labute approximate surface area is 205 Å². The molecule has 1 fully saturated rings. The maximum atomic E-state index is 12.9. The second-order valence-corrected chi connectivity index (χ2v) is 9.80. The number of pyridine rings is 1. The predicted octanol–water partition coefficient (Wildman–Crippen LogP) is 3.73. The summed E-state index contributed by atoms with van der Waals surface area (Å²) in [5.74, 6) is 0.00776. The van der Waals surface area contributed by atoms with E-state index in [0.717, 1.165) is 30.5 Å². The number of rotatable bonds is 5. The molecule has 5 rings (SSSR count). The van der Waals surface area contributed by atoms with Crippen LogP contribution in [-0.4, -0.2) is 45.9 Å². The molecule has 2 aliphatic rings. The Morgan fingerprint density at radius 1 is 1.18 bits per heavy atom. The van der Waals surface area contributed by atoms with Gasteiger partial charge in [0, 0.05) is 43.4 Å². The number of aromatic nitrogens is 2. The summed E-state index contributed by atoms with van der Waals surface area (Å²) in [5.41, 5.74) is 7.97. The van der Waals surface area contributed by atoms with Crippen LogP contribution in [0.15, 0.2) is 42.6 Å². The molecule has 2 aromatic heterocycles. The van der Waals surface area contributed by atoms with E-state index in [9.17, 15) is 9.59 Å². The Morgan fingerprint density at radius 3 is 2.82 bits per heavy atom. The summed E-state index contributed by atoms with van der Waals surface area (Å²) >= 11 is 7.45. The quantitative estimate of drug-likeness (QED) is 0.494. The van der Waals surface area contributed by atoms with Crippen LogP contribution in [0.4, 0.5) is 20.7 Å². The Hall–Kier alpha value is -3.37. The molecule has 1 atom stereocenters. The highest BCUT2D eigenvalue weighted by molar-refractivity contribution is 7.20. The van der Waals surface area contributed by atoms with Crippen molar-refractivity contribution in [3.8, 4) is 0 Å². The average Bonchev–Trinajstić information content (AvgIpc) is 3.44. The number of nitrogens with two attached hydrogens (primary N) is 1. The van der Waals surface area contributed by atoms with Crippen molar-refractivity contribution in [2.24, 2.45) is 5.73 Å². The van der Waals surface area contributed by atoms with Gasteiger partial charge in [0.1, 0.15) is 10.8 Å². The maximum absolute atomic E-state index is 12.9. The van der Waals surface area contributed by atoms with Crippen molar-refractivity contribution >= 4 is 50.8 Å². The van der Waals surface area contributed by atoms with E-state index < -0.39 is 5.91 Å². The summed E-state index contributed by atoms with van der Waals surface area (Å²) in [6, 6.07) is 11.1. The number of thiazole rings is 1. The van der Waals surface area contributed by atoms with Crippen molar-refractivity contribution in [3.63, 3.8) is 0 Å². The zero-order chi connectivity index (χ0) is 23.7. The van der Waals surface area contributed by atoms with Crippen molar-refractivity contribution in [3.05, 3.63) is 64.4 Å². The van der Waals surface area contributed by atoms with Crippen molar-refractivity contribution in [1.82, 2.24) is 20.2 Å². The molecule has 0 radical (unpaired) electrons. The van der Waals surface area contributed by atoms with Crippen LogP contribution in [0.25, 0.3) is 0 Å². The first-order chi connectivity index (χ1) is 16.5. The van der Waals surface area contributed by atoms with Crippen LogP contribution in [0, 0.1) is 0 Å². The van der Waals surface area contributed by atoms with E-state index in [1.807, 2.05) is 30.3 Å². The number of hydrogen-bond acceptors (Lipinski definition) is 7. The molecule has 34 heavy (non-hydrogen) atoms. The molecule has 0 spiro atoms. The Morgan fingerprint density at radius 2 is 2.03 bits per heavy atom. The number of nitrogens with one attached hydrogen (secondary N) is 2. The van der Waals surface area contributed by atoms with Crippen LogP contribution in [0.5, 0.6) is 0 Å². The zero-order valence-electron chi connectivity index (χ0n) is 18.3. The third-order valence-corrected chi connectivity index (χ3v) is 7.22. The predicted molar refractivity (Wildman–Crippen MR) is 133 cm³/mol. The van der Waals surface area contributed by atoms with Gasteiger partial charge in [-0.05, 0) is 48.2 Å². The molecule has 1 aromatic carbocycles. The largest absolute Gasteiger partial charge is 0.364 e. The molecule has 0 bridgehead atoms. The number of hydrogen-bond donors (Lipinski definition) is 3. The fraction of sp³-hybridized carbons (Fsp3) is 0.304. The minimum Gasteiger partial charge on any atom is -0.364 e. The van der Waals surface area contributed by atoms with Gasteiger partial charge in [-0.3, -0.25) is 4.79 Å². The van der Waals surface area contributed by atoms with Gasteiger partial charge in [0.25, 0.3) is 5.91 Å². The number of piperidine rings is 1. The zero-order valence-corrected chi connectivity index (χ0v) is 19.9. The summed E-state index contributed by atoms with van der Waals surface area (Å²) in [7, 11) is 0. The van der Waals surface area contributed by atoms with Gasteiger partial charge in [-0.25, -0.2) is 14.8 Å². The molecular weight excluding hydrogens is 474 g/mol. The first kappa shape index (κ1) is 22.4. The van der Waals surface area contributed by atoms with Gasteiger partial charge in [-0.1, -0.05) is 35.1 Å². The molecule has 3 aromatic rings. The van der Waals surface area contributed by atoms with Crippen molar-refractivity contribution in [1.29, 1.82) is 0 Å². The lowest BCUT2D eigenvalue weighted by molar-refractivity contribution is 0.0997. The van der Waals surface area contributed by atoms with Gasteiger partial charge in [-0.15, -0.1) is 0 Å². The fourth-order valence-electron chi connectivity index (χ4n) is 4.29. The number of primary amides is 1. The summed E-state index contributed by atoms with van der Waals surface area (Å²) < 4.78 is 0. The van der Waals surface area contributed by atoms with E-state index in [2.05, 4.69) is 25.5 Å². The molecular formula is C23H24ClN7O2S. The molecule has 11 heteroatoms. The molecule has 0 saturated carbocycles. The van der Waals surface area contributed by atoms with Gasteiger partial charge < -0.3 is 26.2 Å². The summed E-state index contributed by atoms with van der Waals surface area (Å²) in [6.45, 7) is 2.52. The summed E-state index contributed by atoms with van der Waals surface area (Å²) in [5, 5.41) is 8.23. The monoisotopic (exact) mass is 497 g/mol. The minimum absolute atomic E-state index is 0.0262. The van der Waals surface area contributed by atoms with Crippen LogP contribution in [0.1, 0.15) is 34.5 Å². The van der Waals surface area contributed by atoms with E-state index in [0.29, 0.717) is 40.6 Å². The second kappa shape index (κ2) is 9.47. The number of anilines is 3. The molecule has 0 unspecified atom stereocenters. The smallest absolute Gasteiger partial charge is 0.318 e. The number of nitrogens with zero attached hydrogens (tertiary/aromatic N) is 4. The van der Waals surface area contributed by atoms with E-state index in [1.54, 1.807) is 17.2 Å². The van der Waals surface area contributed by atoms with Gasteiger partial charge in [-0.2, -0.15) is 0 Å². The highest BCUT2D eigenvalue weighted by Crippen LogP contribution is 2.34. The van der Waals surface area contributed by atoms with Gasteiger partial charge in [0.2, 0.25) is 0 Å². The number of fused-ring (bicyclic) bond motifs is 1. The number of urea groups is 1. The molecule has 9 nitrogen and oxygen atoms in total. The second-order valence-electron chi connectivity index (χ2n) is 8.38. The first-order valence-corrected chi connectivity index (χ1v) is 12.2. The number of benzene rings is 1. The van der Waals surface area contributed by atoms with Crippen molar-refractivity contribution < 1.29 is 9.59 Å². The number of halogens is 1. The lowest BCUT2D eigenvalue weighted by atomic mass is 10.1. The standard InChI is InChI=1S/C23H24ClN7O2S/c24-16-7-6-14-11-31(12-15(14)10-16)22(33)27-17-4-3-9-30(13-17)23-29-19(20(25)32)21(34-23)28-18-5-1-2-8-26-18/h1-2,5-8,10,17H,3-4,9,11-13H2,(H2,25,32)(H,26,28)(H,27,33)/t17-/m1/s1. The number of carbonyl (C=O) groups excluding carboxylic acids is 2. The van der Waals surface area contributed by atoms with Crippen LogP contribution in [0.2, 0.25) is 5.02 Å². The highest BCUT2D eigenvalue weighted by Gasteiger charge is 2.29. The summed E-state index contributed by atoms with van der Waals surface area (Å²) in [6.07, 6.45) is 3.44. The van der Waals surface area contributed by atoms with Gasteiger partial charge in [0.15, 0.2) is 10.8 Å². The number of carbonyl (C=O) groups is 2. The van der Waals surface area contributed by atoms with Crippen molar-refractivity contribution in [2.75, 3.05) is 23.3 Å². The van der Waals surface area contributed by atoms with E-state index in [1.165, 1.54) is 11.3 Å². The molecule has 2 aliphatic heterocycles. The van der Waals surface area contributed by atoms with Crippen LogP contribution < -0.4 is 21.3 Å². The SMILES string of the molecule is NC(=O)c1nc(N2CCC[C@@H](NC(=O)N3Cc4ccc(Cl)cc4C3)C2)sc1Nc1ccccn1. The first-order valence-electron chi connectivity index (χ1n) is 11.0. The molecule has 4 heterocycles. The minimum atomic E-state index is -0.600. The van der Waals surface area contributed by atoms with Gasteiger partial charge >= 0.3 is 6.03 Å². The van der Waals surface area contributed by atoms with Crippen LogP contribution in [0.3, 0.4) is 0 Å². The Kier molecular flexibility index (Phi) is 6.25. The third kappa shape index (κ3) is 4.78. The normalized spacial score (nSPS) is 17.4. The average molecular weight is 498 g/mol. The van der Waals surface area contributed by atoms with E-state index in [-0.39, 0.29) is 17.8 Å². The Balaban J connectivity index is 1.25. The lowest BCUT2D eigenvalue weighted by Crippen LogP contribution is -2.50. The summed E-state index contributed by atoms with van der Waals surface area (Å²) in [4.78, 5) is 37.6. The molecule has 3 amide bonds. The van der Waals surface area contributed by atoms with Gasteiger partial charge in [0.05, 0.1) is 0 Å². The van der Waals surface area contributed by atoms with E-state index >= 15 is 0 Å². The molecule has 176 valence electrons. The van der Waals surface area contributed by atoms with Crippen LogP contribution >= 0.6 is 22.9 Å².